The van der Waals surface area contributed by atoms with E-state index in [1.54, 1.807) is 24.9 Å². The number of hydrogen-bond donors (Lipinski definition) is 1. The number of pyridine rings is 1. The molecule has 106 valence electrons. The maximum atomic E-state index is 11.6. The van der Waals surface area contributed by atoms with Gasteiger partial charge in [0.05, 0.1) is 24.8 Å². The lowest BCUT2D eigenvalue weighted by atomic mass is 10.2. The third kappa shape index (κ3) is 3.81. The topological polar surface area (TPSA) is 69.0 Å². The molecule has 0 saturated carbocycles. The number of carbonyl (C=O) groups is 1. The first-order valence-corrected chi connectivity index (χ1v) is 6.34. The molecule has 0 aromatic carbocycles. The molecule has 0 aliphatic carbocycles. The quantitative estimate of drug-likeness (QED) is 0.932. The first-order valence-electron chi connectivity index (χ1n) is 6.34. The maximum absolute atomic E-state index is 11.6. The Morgan fingerprint density at radius 2 is 2.00 bits per heavy atom. The second-order valence-corrected chi connectivity index (χ2v) is 5.32. The van der Waals surface area contributed by atoms with Crippen LogP contribution in [0.3, 0.4) is 0 Å². The molecule has 0 saturated heterocycles. The minimum absolute atomic E-state index is 0.344. The van der Waals surface area contributed by atoms with Crippen LogP contribution in [-0.4, -0.2) is 26.2 Å². The number of amides is 1. The Balaban J connectivity index is 2.02. The Kier molecular flexibility index (Phi) is 4.02. The molecular formula is C14H18N4O2. The van der Waals surface area contributed by atoms with Gasteiger partial charge in [-0.2, -0.15) is 0 Å². The minimum atomic E-state index is -0.505. The van der Waals surface area contributed by atoms with E-state index in [4.69, 9.17) is 4.74 Å². The van der Waals surface area contributed by atoms with Crippen LogP contribution in [0.2, 0.25) is 0 Å². The van der Waals surface area contributed by atoms with Crippen LogP contribution in [0.5, 0.6) is 0 Å². The standard InChI is InChI=1S/C14H18N4O2/c1-14(2,3)20-13(19)17-9-12-8-16-10-18(12)11-4-6-15-7-5-11/h4-8,10H,9H2,1-3H3,(H,17,19). The number of imidazole rings is 1. The third-order valence-corrected chi connectivity index (χ3v) is 2.47. The molecule has 6 heteroatoms. The van der Waals surface area contributed by atoms with Crippen LogP contribution in [0.4, 0.5) is 4.79 Å². The van der Waals surface area contributed by atoms with E-state index in [2.05, 4.69) is 15.3 Å². The lowest BCUT2D eigenvalue weighted by Gasteiger charge is -2.19. The number of aromatic nitrogens is 3. The Bertz CT molecular complexity index is 572. The van der Waals surface area contributed by atoms with Gasteiger partial charge in [0, 0.05) is 18.1 Å². The number of alkyl carbamates (subject to hydrolysis) is 1. The van der Waals surface area contributed by atoms with E-state index in [0.29, 0.717) is 6.54 Å². The van der Waals surface area contributed by atoms with Gasteiger partial charge < -0.3 is 14.6 Å². The molecule has 0 unspecified atom stereocenters. The average Bonchev–Trinajstić information content (AvgIpc) is 2.83. The highest BCUT2D eigenvalue weighted by Gasteiger charge is 2.16. The van der Waals surface area contributed by atoms with E-state index in [-0.39, 0.29) is 0 Å². The Hall–Kier alpha value is -2.37. The normalized spacial score (nSPS) is 11.2. The van der Waals surface area contributed by atoms with Gasteiger partial charge in [-0.3, -0.25) is 4.98 Å². The molecule has 0 fully saturated rings. The predicted molar refractivity (Wildman–Crippen MR) is 74.4 cm³/mol. The summed E-state index contributed by atoms with van der Waals surface area (Å²) < 4.78 is 7.08. The monoisotopic (exact) mass is 274 g/mol. The molecule has 0 spiro atoms. The van der Waals surface area contributed by atoms with Gasteiger partial charge in [-0.1, -0.05) is 0 Å². The second kappa shape index (κ2) is 5.73. The first-order chi connectivity index (χ1) is 9.46. The summed E-state index contributed by atoms with van der Waals surface area (Å²) in [5.41, 5.74) is 1.30. The Labute approximate surface area is 117 Å². The first kappa shape index (κ1) is 14.0. The minimum Gasteiger partial charge on any atom is -0.444 e. The zero-order valence-electron chi connectivity index (χ0n) is 11.8. The van der Waals surface area contributed by atoms with Crippen LogP contribution in [-0.2, 0) is 11.3 Å². The summed E-state index contributed by atoms with van der Waals surface area (Å²) >= 11 is 0. The highest BCUT2D eigenvalue weighted by atomic mass is 16.6. The van der Waals surface area contributed by atoms with Gasteiger partial charge in [0.1, 0.15) is 5.60 Å². The van der Waals surface area contributed by atoms with Crippen LogP contribution in [0.15, 0.2) is 37.1 Å². The molecule has 20 heavy (non-hydrogen) atoms. The third-order valence-electron chi connectivity index (χ3n) is 2.47. The van der Waals surface area contributed by atoms with Crippen LogP contribution in [0, 0.1) is 0 Å². The lowest BCUT2D eigenvalue weighted by Crippen LogP contribution is -2.32. The number of rotatable bonds is 3. The van der Waals surface area contributed by atoms with E-state index >= 15 is 0 Å². The van der Waals surface area contributed by atoms with Gasteiger partial charge in [-0.05, 0) is 32.9 Å². The van der Waals surface area contributed by atoms with Crippen molar-refractivity contribution < 1.29 is 9.53 Å². The number of nitrogens with one attached hydrogen (secondary N) is 1. The fraction of sp³-hybridized carbons (Fsp3) is 0.357. The van der Waals surface area contributed by atoms with Crippen molar-refractivity contribution in [2.75, 3.05) is 0 Å². The fourth-order valence-corrected chi connectivity index (χ4v) is 1.67. The van der Waals surface area contributed by atoms with Gasteiger partial charge >= 0.3 is 6.09 Å². The van der Waals surface area contributed by atoms with E-state index in [1.165, 1.54) is 0 Å². The lowest BCUT2D eigenvalue weighted by molar-refractivity contribution is 0.0522. The molecule has 0 radical (unpaired) electrons. The van der Waals surface area contributed by atoms with Gasteiger partial charge in [-0.15, -0.1) is 0 Å². The molecule has 2 aromatic heterocycles. The second-order valence-electron chi connectivity index (χ2n) is 5.32. The summed E-state index contributed by atoms with van der Waals surface area (Å²) in [6, 6.07) is 3.75. The largest absolute Gasteiger partial charge is 0.444 e. The highest BCUT2D eigenvalue weighted by Crippen LogP contribution is 2.10. The predicted octanol–water partition coefficient (Wildman–Crippen LogP) is 2.29. The molecule has 2 heterocycles. The van der Waals surface area contributed by atoms with E-state index in [9.17, 15) is 4.79 Å². The molecule has 0 aliphatic rings. The Morgan fingerprint density at radius 1 is 1.30 bits per heavy atom. The molecule has 6 nitrogen and oxygen atoms in total. The van der Waals surface area contributed by atoms with Crippen molar-refractivity contribution in [1.82, 2.24) is 19.9 Å². The highest BCUT2D eigenvalue weighted by molar-refractivity contribution is 5.67. The van der Waals surface area contributed by atoms with Crippen LogP contribution in [0.25, 0.3) is 5.69 Å². The van der Waals surface area contributed by atoms with Crippen molar-refractivity contribution in [3.63, 3.8) is 0 Å². The summed E-state index contributed by atoms with van der Waals surface area (Å²) in [5.74, 6) is 0. The molecule has 0 aliphatic heterocycles. The van der Waals surface area contributed by atoms with Crippen molar-refractivity contribution in [3.8, 4) is 5.69 Å². The van der Waals surface area contributed by atoms with Gasteiger partial charge in [-0.25, -0.2) is 9.78 Å². The van der Waals surface area contributed by atoms with Crippen molar-refractivity contribution >= 4 is 6.09 Å². The molecule has 2 aromatic rings. The smallest absolute Gasteiger partial charge is 0.407 e. The molecule has 0 bridgehead atoms. The van der Waals surface area contributed by atoms with Gasteiger partial charge in [0.25, 0.3) is 0 Å². The van der Waals surface area contributed by atoms with Crippen molar-refractivity contribution in [2.24, 2.45) is 0 Å². The van der Waals surface area contributed by atoms with E-state index in [0.717, 1.165) is 11.4 Å². The van der Waals surface area contributed by atoms with Gasteiger partial charge in [0.2, 0.25) is 0 Å². The summed E-state index contributed by atoms with van der Waals surface area (Å²) in [5, 5.41) is 2.71. The van der Waals surface area contributed by atoms with Crippen molar-refractivity contribution in [3.05, 3.63) is 42.7 Å². The average molecular weight is 274 g/mol. The van der Waals surface area contributed by atoms with Crippen LogP contribution >= 0.6 is 0 Å². The van der Waals surface area contributed by atoms with Crippen LogP contribution in [0.1, 0.15) is 26.5 Å². The van der Waals surface area contributed by atoms with E-state index < -0.39 is 11.7 Å². The van der Waals surface area contributed by atoms with Gasteiger partial charge in [0.15, 0.2) is 0 Å². The summed E-state index contributed by atoms with van der Waals surface area (Å²) in [4.78, 5) is 19.7. The number of nitrogens with zero attached hydrogens (tertiary/aromatic N) is 3. The molecule has 2 rings (SSSR count). The molecule has 0 atom stereocenters. The SMILES string of the molecule is CC(C)(C)OC(=O)NCc1cncn1-c1ccncc1. The maximum Gasteiger partial charge on any atom is 0.407 e. The molecular weight excluding hydrogens is 256 g/mol. The molecule has 1 N–H and O–H groups in total. The van der Waals surface area contributed by atoms with Crippen molar-refractivity contribution in [2.45, 2.75) is 32.9 Å². The number of hydrogen-bond acceptors (Lipinski definition) is 4. The summed E-state index contributed by atoms with van der Waals surface area (Å²) in [6.07, 6.45) is 6.38. The summed E-state index contributed by atoms with van der Waals surface area (Å²) in [7, 11) is 0. The van der Waals surface area contributed by atoms with Crippen LogP contribution < -0.4 is 5.32 Å². The zero-order chi connectivity index (χ0) is 14.6. The zero-order valence-corrected chi connectivity index (χ0v) is 11.8. The van der Waals surface area contributed by atoms with E-state index in [1.807, 2.05) is 37.5 Å². The summed E-state index contributed by atoms with van der Waals surface area (Å²) in [6.45, 7) is 5.83. The molecule has 1 amide bonds. The Morgan fingerprint density at radius 3 is 2.65 bits per heavy atom. The number of carbonyl (C=O) groups excluding carboxylic acids is 1. The van der Waals surface area contributed by atoms with Crippen molar-refractivity contribution in [1.29, 1.82) is 0 Å². The number of ether oxygens (including phenoxy) is 1. The fourth-order valence-electron chi connectivity index (χ4n) is 1.67.